The number of hydrogen-bond donors (Lipinski definition) is 2. The minimum Gasteiger partial charge on any atom is -0.495 e. The van der Waals surface area contributed by atoms with Gasteiger partial charge in [-0.1, -0.05) is 18.2 Å². The number of methoxy groups -OCH3 is 1. The van der Waals surface area contributed by atoms with E-state index in [1.165, 1.54) is 0 Å². The molecule has 0 aliphatic carbocycles. The minimum atomic E-state index is -0.878. The molecule has 1 aliphatic rings. The fourth-order valence-electron chi connectivity index (χ4n) is 3.61. The quantitative estimate of drug-likeness (QED) is 0.847. The maximum atomic E-state index is 11.4. The van der Waals surface area contributed by atoms with Crippen molar-refractivity contribution < 1.29 is 14.6 Å². The molecule has 1 aliphatic heterocycles. The number of hydrogen-bond acceptors (Lipinski definition) is 4. The Labute approximate surface area is 154 Å². The van der Waals surface area contributed by atoms with E-state index in [0.717, 1.165) is 54.2 Å². The van der Waals surface area contributed by atoms with Crippen molar-refractivity contribution in [1.82, 2.24) is 0 Å². The summed E-state index contributed by atoms with van der Waals surface area (Å²) in [5.74, 6) is 0.0240. The summed E-state index contributed by atoms with van der Waals surface area (Å²) in [4.78, 5) is 13.7. The average Bonchev–Trinajstić information content (AvgIpc) is 2.64. The zero-order chi connectivity index (χ0) is 18.7. The van der Waals surface area contributed by atoms with Gasteiger partial charge in [0.25, 0.3) is 0 Å². The molecule has 1 fully saturated rings. The van der Waals surface area contributed by atoms with Crippen molar-refractivity contribution in [2.75, 3.05) is 30.4 Å². The smallest absolute Gasteiger partial charge is 0.336 e. The Kier molecular flexibility index (Phi) is 5.35. The van der Waals surface area contributed by atoms with Gasteiger partial charge >= 0.3 is 5.97 Å². The Morgan fingerprint density at radius 2 is 1.85 bits per heavy atom. The predicted molar refractivity (Wildman–Crippen MR) is 105 cm³/mol. The standard InChI is InChI=1S/C21H26N2O3/c1-14-12-15(2)18(13-17(14)21(24)25)22-16-8-10-23(11-9-16)19-6-4-5-7-20(19)26-3/h4-7,12-13,16,22H,8-11H2,1-3H3,(H,24,25). The van der Waals surface area contributed by atoms with Crippen molar-refractivity contribution in [2.24, 2.45) is 0 Å². The molecule has 5 nitrogen and oxygen atoms in total. The van der Waals surface area contributed by atoms with E-state index in [2.05, 4.69) is 16.3 Å². The molecule has 3 rings (SSSR count). The lowest BCUT2D eigenvalue weighted by Crippen LogP contribution is -2.39. The van der Waals surface area contributed by atoms with Gasteiger partial charge < -0.3 is 20.1 Å². The number of para-hydroxylation sites is 2. The Balaban J connectivity index is 1.68. The summed E-state index contributed by atoms with van der Waals surface area (Å²) in [6.45, 7) is 5.74. The largest absolute Gasteiger partial charge is 0.495 e. The molecule has 2 N–H and O–H groups in total. The van der Waals surface area contributed by atoms with E-state index in [0.29, 0.717) is 11.6 Å². The van der Waals surface area contributed by atoms with Crippen LogP contribution in [0.1, 0.15) is 34.3 Å². The maximum absolute atomic E-state index is 11.4. The van der Waals surface area contributed by atoms with Crippen LogP contribution in [-0.4, -0.2) is 37.3 Å². The molecule has 0 unspecified atom stereocenters. The second kappa shape index (κ2) is 7.68. The number of ether oxygens (including phenoxy) is 1. The van der Waals surface area contributed by atoms with Crippen LogP contribution in [0.25, 0.3) is 0 Å². The van der Waals surface area contributed by atoms with Crippen LogP contribution in [0.3, 0.4) is 0 Å². The van der Waals surface area contributed by atoms with E-state index >= 15 is 0 Å². The van der Waals surface area contributed by atoms with Crippen molar-refractivity contribution in [3.8, 4) is 5.75 Å². The first kappa shape index (κ1) is 18.1. The number of anilines is 2. The molecule has 0 aromatic heterocycles. The molecule has 26 heavy (non-hydrogen) atoms. The maximum Gasteiger partial charge on any atom is 0.336 e. The first-order valence-corrected chi connectivity index (χ1v) is 8.98. The van der Waals surface area contributed by atoms with Gasteiger partial charge in [-0.25, -0.2) is 4.79 Å². The Morgan fingerprint density at radius 1 is 1.15 bits per heavy atom. The number of aromatic carboxylic acids is 1. The van der Waals surface area contributed by atoms with Gasteiger partial charge in [0.05, 0.1) is 18.4 Å². The SMILES string of the molecule is COc1ccccc1N1CCC(Nc2cc(C(=O)O)c(C)cc2C)CC1. The molecule has 0 atom stereocenters. The zero-order valence-corrected chi connectivity index (χ0v) is 15.6. The number of aryl methyl sites for hydroxylation is 2. The summed E-state index contributed by atoms with van der Waals surface area (Å²) in [6, 6.07) is 12.1. The van der Waals surface area contributed by atoms with Crippen LogP contribution in [-0.2, 0) is 0 Å². The van der Waals surface area contributed by atoms with Crippen molar-refractivity contribution in [2.45, 2.75) is 32.7 Å². The molecule has 5 heteroatoms. The number of carbonyl (C=O) groups is 1. The summed E-state index contributed by atoms with van der Waals surface area (Å²) in [5, 5.41) is 12.9. The van der Waals surface area contributed by atoms with Crippen LogP contribution in [0.15, 0.2) is 36.4 Å². The number of carboxylic acids is 1. The van der Waals surface area contributed by atoms with Gasteiger partial charge in [0.2, 0.25) is 0 Å². The molecule has 1 saturated heterocycles. The second-order valence-corrected chi connectivity index (χ2v) is 6.86. The molecular weight excluding hydrogens is 328 g/mol. The molecule has 0 amide bonds. The minimum absolute atomic E-state index is 0.337. The molecule has 0 saturated carbocycles. The molecule has 2 aromatic carbocycles. The Morgan fingerprint density at radius 3 is 2.50 bits per heavy atom. The molecule has 2 aromatic rings. The van der Waals surface area contributed by atoms with E-state index in [1.807, 2.05) is 38.1 Å². The van der Waals surface area contributed by atoms with Crippen LogP contribution in [0, 0.1) is 13.8 Å². The lowest BCUT2D eigenvalue weighted by molar-refractivity contribution is 0.0696. The molecular formula is C21H26N2O3. The Bertz CT molecular complexity index is 796. The third-order valence-electron chi connectivity index (χ3n) is 5.08. The molecule has 0 bridgehead atoms. The number of nitrogens with one attached hydrogen (secondary N) is 1. The highest BCUT2D eigenvalue weighted by molar-refractivity contribution is 5.91. The third kappa shape index (κ3) is 3.77. The molecule has 0 spiro atoms. The summed E-state index contributed by atoms with van der Waals surface area (Å²) in [6.07, 6.45) is 1.99. The van der Waals surface area contributed by atoms with Crippen LogP contribution >= 0.6 is 0 Å². The number of nitrogens with zero attached hydrogens (tertiary/aromatic N) is 1. The summed E-state index contributed by atoms with van der Waals surface area (Å²) in [5.41, 5.74) is 4.30. The van der Waals surface area contributed by atoms with Crippen LogP contribution in [0.5, 0.6) is 5.75 Å². The number of benzene rings is 2. The highest BCUT2D eigenvalue weighted by atomic mass is 16.5. The van der Waals surface area contributed by atoms with Gasteiger partial charge in [-0.3, -0.25) is 0 Å². The van der Waals surface area contributed by atoms with Gasteiger partial charge in [0.15, 0.2) is 0 Å². The zero-order valence-electron chi connectivity index (χ0n) is 15.6. The van der Waals surface area contributed by atoms with Gasteiger partial charge in [0.1, 0.15) is 5.75 Å². The normalized spacial score (nSPS) is 15.0. The van der Waals surface area contributed by atoms with Crippen molar-refractivity contribution >= 4 is 17.3 Å². The lowest BCUT2D eigenvalue weighted by Gasteiger charge is -2.35. The van der Waals surface area contributed by atoms with E-state index < -0.39 is 5.97 Å². The number of carboxylic acid groups (broad SMARTS) is 1. The number of rotatable bonds is 5. The van der Waals surface area contributed by atoms with Crippen molar-refractivity contribution in [3.63, 3.8) is 0 Å². The highest BCUT2D eigenvalue weighted by Gasteiger charge is 2.22. The van der Waals surface area contributed by atoms with Gasteiger partial charge in [-0.15, -0.1) is 0 Å². The summed E-state index contributed by atoms with van der Waals surface area (Å²) in [7, 11) is 1.70. The average molecular weight is 354 g/mol. The topological polar surface area (TPSA) is 61.8 Å². The van der Waals surface area contributed by atoms with E-state index in [1.54, 1.807) is 13.2 Å². The first-order chi connectivity index (χ1) is 12.5. The van der Waals surface area contributed by atoms with E-state index in [4.69, 9.17) is 4.74 Å². The number of piperidine rings is 1. The van der Waals surface area contributed by atoms with Crippen molar-refractivity contribution in [1.29, 1.82) is 0 Å². The Hall–Kier alpha value is -2.69. The van der Waals surface area contributed by atoms with E-state index in [-0.39, 0.29) is 0 Å². The second-order valence-electron chi connectivity index (χ2n) is 6.86. The highest BCUT2D eigenvalue weighted by Crippen LogP contribution is 2.31. The molecule has 1 heterocycles. The van der Waals surface area contributed by atoms with Crippen LogP contribution < -0.4 is 15.0 Å². The van der Waals surface area contributed by atoms with E-state index in [9.17, 15) is 9.90 Å². The third-order valence-corrected chi connectivity index (χ3v) is 5.08. The monoisotopic (exact) mass is 354 g/mol. The van der Waals surface area contributed by atoms with Crippen molar-refractivity contribution in [3.05, 3.63) is 53.1 Å². The fourth-order valence-corrected chi connectivity index (χ4v) is 3.61. The van der Waals surface area contributed by atoms with Gasteiger partial charge in [-0.05, 0) is 56.0 Å². The fraction of sp³-hybridized carbons (Fsp3) is 0.381. The van der Waals surface area contributed by atoms with Gasteiger partial charge in [-0.2, -0.15) is 0 Å². The molecule has 138 valence electrons. The van der Waals surface area contributed by atoms with Crippen LogP contribution in [0.2, 0.25) is 0 Å². The summed E-state index contributed by atoms with van der Waals surface area (Å²) >= 11 is 0. The molecule has 0 radical (unpaired) electrons. The predicted octanol–water partition coefficient (Wildman–Crippen LogP) is 4.09. The summed E-state index contributed by atoms with van der Waals surface area (Å²) < 4.78 is 5.47. The van der Waals surface area contributed by atoms with Crippen LogP contribution in [0.4, 0.5) is 11.4 Å². The lowest BCUT2D eigenvalue weighted by atomic mass is 10.0. The van der Waals surface area contributed by atoms with Gasteiger partial charge in [0, 0.05) is 24.8 Å². The first-order valence-electron chi connectivity index (χ1n) is 8.98.